The van der Waals surface area contributed by atoms with Crippen LogP contribution in [0.3, 0.4) is 0 Å². The van der Waals surface area contributed by atoms with E-state index < -0.39 is 5.54 Å². The van der Waals surface area contributed by atoms with Crippen molar-refractivity contribution >= 4 is 5.91 Å². The van der Waals surface area contributed by atoms with Crippen molar-refractivity contribution in [3.05, 3.63) is 53.4 Å². The highest BCUT2D eigenvalue weighted by atomic mass is 19.1. The molecule has 0 bridgehead atoms. The van der Waals surface area contributed by atoms with Crippen molar-refractivity contribution in [2.75, 3.05) is 33.4 Å². The van der Waals surface area contributed by atoms with E-state index in [1.165, 1.54) is 6.07 Å². The zero-order valence-electron chi connectivity index (χ0n) is 15.6. The van der Waals surface area contributed by atoms with Crippen LogP contribution in [-0.4, -0.2) is 59.0 Å². The van der Waals surface area contributed by atoms with Gasteiger partial charge in [0.1, 0.15) is 12.4 Å². The molecular weight excluding hydrogens is 347 g/mol. The first-order valence-electron chi connectivity index (χ1n) is 9.42. The van der Waals surface area contributed by atoms with Crippen LogP contribution in [0.25, 0.3) is 0 Å². The minimum atomic E-state index is -0.394. The summed E-state index contributed by atoms with van der Waals surface area (Å²) in [5.41, 5.74) is 2.43. The van der Waals surface area contributed by atoms with E-state index in [-0.39, 0.29) is 18.3 Å². The summed E-state index contributed by atoms with van der Waals surface area (Å²) in [5.74, 6) is -0.157. The van der Waals surface area contributed by atoms with Crippen LogP contribution in [0, 0.1) is 5.82 Å². The van der Waals surface area contributed by atoms with Gasteiger partial charge in [-0.25, -0.2) is 9.37 Å². The normalized spacial score (nSPS) is 19.3. The minimum Gasteiger partial charge on any atom is -0.375 e. The topological polar surface area (TPSA) is 61.5 Å². The second-order valence-corrected chi connectivity index (χ2v) is 7.36. The number of nitrogens with zero attached hydrogens (tertiary/aromatic N) is 3. The van der Waals surface area contributed by atoms with Gasteiger partial charge in [0.15, 0.2) is 0 Å². The molecule has 1 aromatic heterocycles. The molecule has 0 radical (unpaired) electrons. The number of amides is 1. The molecule has 2 aliphatic rings. The Labute approximate surface area is 158 Å². The molecule has 1 N–H and O–H groups in total. The number of hydrogen-bond acceptors (Lipinski definition) is 4. The van der Waals surface area contributed by atoms with Crippen LogP contribution >= 0.6 is 0 Å². The second kappa shape index (κ2) is 7.40. The number of imidazole rings is 1. The number of ether oxygens (including phenoxy) is 1. The monoisotopic (exact) mass is 372 g/mol. The molecule has 27 heavy (non-hydrogen) atoms. The largest absolute Gasteiger partial charge is 0.375 e. The van der Waals surface area contributed by atoms with Crippen molar-refractivity contribution in [3.8, 4) is 0 Å². The van der Waals surface area contributed by atoms with Crippen molar-refractivity contribution in [2.45, 2.75) is 31.3 Å². The van der Waals surface area contributed by atoms with Crippen LogP contribution in [0.15, 0.2) is 30.6 Å². The van der Waals surface area contributed by atoms with Gasteiger partial charge < -0.3 is 14.6 Å². The number of rotatable bonds is 4. The Morgan fingerprint density at radius 2 is 2.07 bits per heavy atom. The Morgan fingerprint density at radius 3 is 2.81 bits per heavy atom. The number of benzene rings is 1. The Hall–Kier alpha value is -2.25. The molecule has 4 rings (SSSR count). The molecular formula is C20H25FN4O2. The fourth-order valence-corrected chi connectivity index (χ4v) is 4.50. The van der Waals surface area contributed by atoms with E-state index >= 15 is 0 Å². The molecule has 1 fully saturated rings. The third-order valence-electron chi connectivity index (χ3n) is 5.87. The number of likely N-dealkylation sites (tertiary alicyclic amines) is 1. The lowest BCUT2D eigenvalue weighted by Crippen LogP contribution is -2.58. The number of aromatic nitrogens is 2. The van der Waals surface area contributed by atoms with E-state index in [1.54, 1.807) is 19.5 Å². The summed E-state index contributed by atoms with van der Waals surface area (Å²) in [7, 11) is 1.55. The average Bonchev–Trinajstić information content (AvgIpc) is 3.16. The molecule has 144 valence electrons. The number of nitrogens with one attached hydrogen (secondary N) is 1. The maximum Gasteiger partial charge on any atom is 0.249 e. The molecule has 6 nitrogen and oxygen atoms in total. The Bertz CT molecular complexity index is 814. The zero-order valence-corrected chi connectivity index (χ0v) is 15.6. The molecule has 3 heterocycles. The number of fused-ring (bicyclic) bond motifs is 2. The zero-order chi connectivity index (χ0) is 18.9. The third kappa shape index (κ3) is 3.26. The highest BCUT2D eigenvalue weighted by molar-refractivity contribution is 5.79. The summed E-state index contributed by atoms with van der Waals surface area (Å²) in [5, 5.41) is 0. The lowest BCUT2D eigenvalue weighted by Gasteiger charge is -2.50. The quantitative estimate of drug-likeness (QED) is 0.893. The Kier molecular flexibility index (Phi) is 4.97. The lowest BCUT2D eigenvalue weighted by molar-refractivity contribution is -0.146. The van der Waals surface area contributed by atoms with E-state index in [4.69, 9.17) is 4.74 Å². The van der Waals surface area contributed by atoms with Gasteiger partial charge in [0.2, 0.25) is 5.91 Å². The van der Waals surface area contributed by atoms with E-state index in [2.05, 4.69) is 14.9 Å². The SMILES string of the molecule is COCC(=O)N1CCc2[nH]cnc2C12CCN(Cc1ccccc1F)CC2. The summed E-state index contributed by atoms with van der Waals surface area (Å²) in [6.07, 6.45) is 4.08. The molecule has 0 unspecified atom stereocenters. The van der Waals surface area contributed by atoms with Gasteiger partial charge in [-0.05, 0) is 18.9 Å². The van der Waals surface area contributed by atoms with Gasteiger partial charge in [0.05, 0.1) is 17.6 Å². The first kappa shape index (κ1) is 18.1. The second-order valence-electron chi connectivity index (χ2n) is 7.36. The van der Waals surface area contributed by atoms with Crippen LogP contribution in [0.2, 0.25) is 0 Å². The predicted octanol–water partition coefficient (Wildman–Crippen LogP) is 2.07. The van der Waals surface area contributed by atoms with Gasteiger partial charge in [0, 0.05) is 51.0 Å². The third-order valence-corrected chi connectivity index (χ3v) is 5.87. The van der Waals surface area contributed by atoms with Gasteiger partial charge >= 0.3 is 0 Å². The van der Waals surface area contributed by atoms with E-state index in [0.29, 0.717) is 18.7 Å². The molecule has 1 saturated heterocycles. The summed E-state index contributed by atoms with van der Waals surface area (Å²) in [4.78, 5) is 24.7. The standard InChI is InChI=1S/C20H25FN4O2/c1-27-13-18(26)25-9-6-17-19(23-14-22-17)20(25)7-10-24(11-8-20)12-15-4-2-3-5-16(15)21/h2-5,14H,6-13H2,1H3,(H,22,23). The highest BCUT2D eigenvalue weighted by Crippen LogP contribution is 2.42. The van der Waals surface area contributed by atoms with Gasteiger partial charge in [-0.15, -0.1) is 0 Å². The van der Waals surface area contributed by atoms with Crippen LogP contribution in [0.4, 0.5) is 4.39 Å². The van der Waals surface area contributed by atoms with E-state index in [1.807, 2.05) is 17.0 Å². The molecule has 0 aliphatic carbocycles. The number of carbonyl (C=O) groups excluding carboxylic acids is 1. The molecule has 7 heteroatoms. The van der Waals surface area contributed by atoms with Gasteiger partial charge in [0.25, 0.3) is 0 Å². The fourth-order valence-electron chi connectivity index (χ4n) is 4.50. The first-order chi connectivity index (χ1) is 13.1. The summed E-state index contributed by atoms with van der Waals surface area (Å²) < 4.78 is 19.1. The molecule has 1 spiro atoms. The number of piperidine rings is 1. The number of methoxy groups -OCH3 is 1. The van der Waals surface area contributed by atoms with E-state index in [0.717, 1.165) is 43.7 Å². The lowest BCUT2D eigenvalue weighted by atomic mass is 9.78. The van der Waals surface area contributed by atoms with Crippen molar-refractivity contribution in [3.63, 3.8) is 0 Å². The summed E-state index contributed by atoms with van der Waals surface area (Å²) >= 11 is 0. The number of aromatic amines is 1. The molecule has 0 saturated carbocycles. The van der Waals surface area contributed by atoms with Crippen LogP contribution < -0.4 is 0 Å². The van der Waals surface area contributed by atoms with Gasteiger partial charge in [-0.3, -0.25) is 9.69 Å². The maximum absolute atomic E-state index is 14.0. The van der Waals surface area contributed by atoms with Gasteiger partial charge in [-0.2, -0.15) is 0 Å². The predicted molar refractivity (Wildman–Crippen MR) is 98.5 cm³/mol. The number of H-pyrrole nitrogens is 1. The number of halogens is 1. The molecule has 2 aromatic rings. The summed E-state index contributed by atoms with van der Waals surface area (Å²) in [6.45, 7) is 2.92. The van der Waals surface area contributed by atoms with Gasteiger partial charge in [-0.1, -0.05) is 18.2 Å². The molecule has 1 amide bonds. The van der Waals surface area contributed by atoms with Crippen LogP contribution in [0.1, 0.15) is 29.8 Å². The Balaban J connectivity index is 1.55. The molecule has 0 atom stereocenters. The van der Waals surface area contributed by atoms with E-state index in [9.17, 15) is 9.18 Å². The molecule has 2 aliphatic heterocycles. The summed E-state index contributed by atoms with van der Waals surface area (Å²) in [6, 6.07) is 6.92. The van der Waals surface area contributed by atoms with Crippen LogP contribution in [0.5, 0.6) is 0 Å². The van der Waals surface area contributed by atoms with Crippen molar-refractivity contribution in [2.24, 2.45) is 0 Å². The average molecular weight is 372 g/mol. The highest BCUT2D eigenvalue weighted by Gasteiger charge is 2.48. The van der Waals surface area contributed by atoms with Crippen molar-refractivity contribution < 1.29 is 13.9 Å². The van der Waals surface area contributed by atoms with Crippen molar-refractivity contribution in [1.29, 1.82) is 0 Å². The fraction of sp³-hybridized carbons (Fsp3) is 0.500. The Morgan fingerprint density at radius 1 is 1.30 bits per heavy atom. The first-order valence-corrected chi connectivity index (χ1v) is 9.42. The number of hydrogen-bond donors (Lipinski definition) is 1. The van der Waals surface area contributed by atoms with Crippen LogP contribution in [-0.2, 0) is 28.0 Å². The maximum atomic E-state index is 14.0. The number of carbonyl (C=O) groups is 1. The smallest absolute Gasteiger partial charge is 0.249 e. The van der Waals surface area contributed by atoms with Crippen molar-refractivity contribution in [1.82, 2.24) is 19.8 Å². The minimum absolute atomic E-state index is 0.00806. The molecule has 1 aromatic carbocycles.